The van der Waals surface area contributed by atoms with Crippen LogP contribution in [0.5, 0.6) is 0 Å². The van der Waals surface area contributed by atoms with E-state index in [2.05, 4.69) is 4.74 Å². The van der Waals surface area contributed by atoms with Crippen LogP contribution in [0.2, 0.25) is 0 Å². The molecule has 0 saturated heterocycles. The van der Waals surface area contributed by atoms with Gasteiger partial charge in [0, 0.05) is 11.3 Å². The first-order valence-corrected chi connectivity index (χ1v) is 6.42. The molecule has 1 aromatic rings. The van der Waals surface area contributed by atoms with Crippen molar-refractivity contribution < 1.29 is 23.8 Å². The van der Waals surface area contributed by atoms with Gasteiger partial charge < -0.3 is 20.0 Å². The number of esters is 1. The maximum absolute atomic E-state index is 11.3. The van der Waals surface area contributed by atoms with Crippen molar-refractivity contribution >= 4 is 23.7 Å². The molecule has 0 amide bonds. The Hall–Kier alpha value is -1.47. The summed E-state index contributed by atoms with van der Waals surface area (Å²) < 4.78 is 9.60. The predicted octanol–water partition coefficient (Wildman–Crippen LogP) is 1.10. The highest BCUT2D eigenvalue weighted by Gasteiger charge is 2.16. The molecule has 0 aliphatic rings. The van der Waals surface area contributed by atoms with E-state index in [-0.39, 0.29) is 5.76 Å². The van der Waals surface area contributed by atoms with Gasteiger partial charge in [-0.2, -0.15) is 11.8 Å². The van der Waals surface area contributed by atoms with Gasteiger partial charge >= 0.3 is 11.9 Å². The number of hydrogen-bond donors (Lipinski definition) is 2. The SMILES string of the molecule is COC(=O)c1occc1CSCCC(N)C(=O)O. The first kappa shape index (κ1) is 14.6. The van der Waals surface area contributed by atoms with E-state index >= 15 is 0 Å². The van der Waals surface area contributed by atoms with Crippen molar-refractivity contribution in [2.24, 2.45) is 5.73 Å². The van der Waals surface area contributed by atoms with Crippen LogP contribution in [0.15, 0.2) is 16.7 Å². The number of methoxy groups -OCH3 is 1. The monoisotopic (exact) mass is 273 g/mol. The lowest BCUT2D eigenvalue weighted by Gasteiger charge is -2.05. The van der Waals surface area contributed by atoms with Crippen LogP contribution >= 0.6 is 11.8 Å². The molecule has 0 aliphatic carbocycles. The molecule has 0 aliphatic heterocycles. The first-order chi connectivity index (χ1) is 8.56. The van der Waals surface area contributed by atoms with Crippen LogP contribution in [-0.4, -0.2) is 35.9 Å². The lowest BCUT2D eigenvalue weighted by atomic mass is 10.2. The van der Waals surface area contributed by atoms with Crippen LogP contribution in [0.1, 0.15) is 22.5 Å². The number of aliphatic carboxylic acids is 1. The second-order valence-corrected chi connectivity index (χ2v) is 4.66. The molecule has 1 heterocycles. The van der Waals surface area contributed by atoms with E-state index in [0.29, 0.717) is 17.9 Å². The van der Waals surface area contributed by atoms with E-state index < -0.39 is 18.0 Å². The van der Waals surface area contributed by atoms with Crippen molar-refractivity contribution in [2.45, 2.75) is 18.2 Å². The van der Waals surface area contributed by atoms with E-state index in [1.807, 2.05) is 0 Å². The van der Waals surface area contributed by atoms with Crippen LogP contribution < -0.4 is 5.73 Å². The molecule has 1 unspecified atom stereocenters. The van der Waals surface area contributed by atoms with Crippen LogP contribution in [0.25, 0.3) is 0 Å². The average Bonchev–Trinajstić information content (AvgIpc) is 2.81. The van der Waals surface area contributed by atoms with Gasteiger partial charge in [-0.25, -0.2) is 4.79 Å². The molecule has 0 aromatic carbocycles. The third kappa shape index (κ3) is 4.08. The summed E-state index contributed by atoms with van der Waals surface area (Å²) in [5, 5.41) is 8.60. The number of carbonyl (C=O) groups excluding carboxylic acids is 1. The number of ether oxygens (including phenoxy) is 1. The molecule has 0 saturated carbocycles. The Labute approximate surface area is 108 Å². The zero-order chi connectivity index (χ0) is 13.5. The van der Waals surface area contributed by atoms with Gasteiger partial charge in [-0.3, -0.25) is 4.79 Å². The summed E-state index contributed by atoms with van der Waals surface area (Å²) in [6.07, 6.45) is 1.80. The summed E-state index contributed by atoms with van der Waals surface area (Å²) in [5.74, 6) is -0.188. The summed E-state index contributed by atoms with van der Waals surface area (Å²) in [6.45, 7) is 0. The molecule has 1 rings (SSSR count). The molecule has 0 spiro atoms. The number of hydrogen-bond acceptors (Lipinski definition) is 6. The molecule has 100 valence electrons. The molecule has 0 bridgehead atoms. The van der Waals surface area contributed by atoms with E-state index in [1.54, 1.807) is 6.07 Å². The van der Waals surface area contributed by atoms with Gasteiger partial charge in [0.25, 0.3) is 0 Å². The molecule has 0 radical (unpaired) electrons. The Morgan fingerprint density at radius 3 is 2.94 bits per heavy atom. The van der Waals surface area contributed by atoms with Crippen molar-refractivity contribution in [3.05, 3.63) is 23.7 Å². The van der Waals surface area contributed by atoms with Crippen molar-refractivity contribution in [2.75, 3.05) is 12.9 Å². The van der Waals surface area contributed by atoms with Gasteiger partial charge in [-0.05, 0) is 18.2 Å². The van der Waals surface area contributed by atoms with E-state index in [0.717, 1.165) is 5.56 Å². The average molecular weight is 273 g/mol. The molecule has 1 aromatic heterocycles. The van der Waals surface area contributed by atoms with E-state index in [4.69, 9.17) is 15.3 Å². The normalized spacial score (nSPS) is 12.1. The first-order valence-electron chi connectivity index (χ1n) is 5.27. The maximum atomic E-state index is 11.3. The minimum Gasteiger partial charge on any atom is -0.480 e. The predicted molar refractivity (Wildman–Crippen MR) is 66.4 cm³/mol. The lowest BCUT2D eigenvalue weighted by molar-refractivity contribution is -0.138. The largest absolute Gasteiger partial charge is 0.480 e. The summed E-state index contributed by atoms with van der Waals surface area (Å²) in [6, 6.07) is 0.845. The van der Waals surface area contributed by atoms with Crippen LogP contribution in [0.4, 0.5) is 0 Å². The van der Waals surface area contributed by atoms with Crippen LogP contribution in [-0.2, 0) is 15.3 Å². The lowest BCUT2D eigenvalue weighted by Crippen LogP contribution is -2.30. The quantitative estimate of drug-likeness (QED) is 0.566. The van der Waals surface area contributed by atoms with E-state index in [9.17, 15) is 9.59 Å². The minimum absolute atomic E-state index is 0.188. The third-order valence-electron chi connectivity index (χ3n) is 2.27. The second kappa shape index (κ2) is 7.07. The topological polar surface area (TPSA) is 103 Å². The summed E-state index contributed by atoms with van der Waals surface area (Å²) in [7, 11) is 1.29. The molecule has 18 heavy (non-hydrogen) atoms. The van der Waals surface area contributed by atoms with Gasteiger partial charge in [0.15, 0.2) is 0 Å². The Bertz CT molecular complexity index is 417. The van der Waals surface area contributed by atoms with Crippen LogP contribution in [0, 0.1) is 0 Å². The highest BCUT2D eigenvalue weighted by molar-refractivity contribution is 7.98. The molecular formula is C11H15NO5S. The van der Waals surface area contributed by atoms with Gasteiger partial charge in [-0.15, -0.1) is 0 Å². The summed E-state index contributed by atoms with van der Waals surface area (Å²) in [5.41, 5.74) is 6.10. The maximum Gasteiger partial charge on any atom is 0.374 e. The van der Waals surface area contributed by atoms with Crippen molar-refractivity contribution in [3.8, 4) is 0 Å². The molecule has 1 atom stereocenters. The number of carboxylic acids is 1. The fourth-order valence-corrected chi connectivity index (χ4v) is 2.25. The Morgan fingerprint density at radius 2 is 2.33 bits per heavy atom. The highest BCUT2D eigenvalue weighted by atomic mass is 32.2. The van der Waals surface area contributed by atoms with Gasteiger partial charge in [0.2, 0.25) is 5.76 Å². The summed E-state index contributed by atoms with van der Waals surface area (Å²) in [4.78, 5) is 21.8. The number of carboxylic acid groups (broad SMARTS) is 1. The Kier molecular flexibility index (Phi) is 5.73. The smallest absolute Gasteiger partial charge is 0.374 e. The van der Waals surface area contributed by atoms with Crippen molar-refractivity contribution in [1.82, 2.24) is 0 Å². The number of furan rings is 1. The zero-order valence-electron chi connectivity index (χ0n) is 9.92. The fraction of sp³-hybridized carbons (Fsp3) is 0.455. The molecule has 3 N–H and O–H groups in total. The Balaban J connectivity index is 2.38. The van der Waals surface area contributed by atoms with Gasteiger partial charge in [0.1, 0.15) is 6.04 Å². The summed E-state index contributed by atoms with van der Waals surface area (Å²) >= 11 is 1.49. The van der Waals surface area contributed by atoms with Gasteiger partial charge in [-0.1, -0.05) is 0 Å². The van der Waals surface area contributed by atoms with E-state index in [1.165, 1.54) is 25.1 Å². The molecule has 7 heteroatoms. The van der Waals surface area contributed by atoms with Gasteiger partial charge in [0.05, 0.1) is 13.4 Å². The fourth-order valence-electron chi connectivity index (χ4n) is 1.24. The zero-order valence-corrected chi connectivity index (χ0v) is 10.7. The second-order valence-electron chi connectivity index (χ2n) is 3.55. The number of carbonyl (C=O) groups is 2. The van der Waals surface area contributed by atoms with Crippen molar-refractivity contribution in [1.29, 1.82) is 0 Å². The molecular weight excluding hydrogens is 258 g/mol. The number of rotatable bonds is 7. The standard InChI is InChI=1S/C11H15NO5S/c1-16-11(15)9-7(2-4-17-9)6-18-5-3-8(12)10(13)14/h2,4,8H,3,5-6,12H2,1H3,(H,13,14). The highest BCUT2D eigenvalue weighted by Crippen LogP contribution is 2.19. The third-order valence-corrected chi connectivity index (χ3v) is 3.31. The minimum atomic E-state index is -1.01. The van der Waals surface area contributed by atoms with Crippen LogP contribution in [0.3, 0.4) is 0 Å². The molecule has 0 fully saturated rings. The number of nitrogens with two attached hydrogens (primary N) is 1. The molecule has 6 nitrogen and oxygen atoms in total. The number of thioether (sulfide) groups is 1. The van der Waals surface area contributed by atoms with Crippen molar-refractivity contribution in [3.63, 3.8) is 0 Å². The Morgan fingerprint density at radius 1 is 1.61 bits per heavy atom.